The summed E-state index contributed by atoms with van der Waals surface area (Å²) in [6.45, 7) is 8.21. The predicted octanol–water partition coefficient (Wildman–Crippen LogP) is 3.45. The van der Waals surface area contributed by atoms with Crippen molar-refractivity contribution in [2.75, 3.05) is 31.7 Å². The van der Waals surface area contributed by atoms with Gasteiger partial charge in [0.05, 0.1) is 37.4 Å². The molecule has 1 aromatic heterocycles. The fourth-order valence-corrected chi connectivity index (χ4v) is 4.02. The lowest BCUT2D eigenvalue weighted by molar-refractivity contribution is -0.117. The number of primary amides is 1. The second kappa shape index (κ2) is 12.2. The van der Waals surface area contributed by atoms with Crippen molar-refractivity contribution < 1.29 is 19.4 Å². The van der Waals surface area contributed by atoms with E-state index in [-0.39, 0.29) is 13.0 Å². The lowest BCUT2D eigenvalue weighted by Gasteiger charge is -2.20. The van der Waals surface area contributed by atoms with E-state index in [1.54, 1.807) is 6.20 Å². The van der Waals surface area contributed by atoms with Gasteiger partial charge in [-0.1, -0.05) is 19.1 Å². The van der Waals surface area contributed by atoms with Crippen LogP contribution in [0.5, 0.6) is 11.5 Å². The maximum absolute atomic E-state index is 11.8. The molecule has 34 heavy (non-hydrogen) atoms. The lowest BCUT2D eigenvalue weighted by Crippen LogP contribution is -2.19. The fourth-order valence-electron chi connectivity index (χ4n) is 4.02. The molecule has 0 bridgehead atoms. The number of nitrogens with zero attached hydrogens (tertiary/aromatic N) is 1. The minimum absolute atomic E-state index is 0.0572. The number of aliphatic hydroxyl groups is 1. The number of pyridine rings is 1. The molecule has 8 nitrogen and oxygen atoms in total. The van der Waals surface area contributed by atoms with Gasteiger partial charge in [-0.15, -0.1) is 0 Å². The summed E-state index contributed by atoms with van der Waals surface area (Å²) in [5.41, 5.74) is 11.0. The number of amides is 1. The summed E-state index contributed by atoms with van der Waals surface area (Å²) in [6.07, 6.45) is 2.55. The molecular weight excluding hydrogens is 432 g/mol. The molecule has 0 saturated heterocycles. The van der Waals surface area contributed by atoms with Gasteiger partial charge in [0, 0.05) is 42.0 Å². The van der Waals surface area contributed by atoms with Gasteiger partial charge in [0.1, 0.15) is 0 Å². The average molecular weight is 467 g/mol. The molecule has 3 aromatic rings. The molecule has 1 amide bonds. The first-order valence-electron chi connectivity index (χ1n) is 11.7. The molecule has 0 aliphatic carbocycles. The van der Waals surface area contributed by atoms with Crippen molar-refractivity contribution in [3.63, 3.8) is 0 Å². The summed E-state index contributed by atoms with van der Waals surface area (Å²) in [6, 6.07) is 9.85. The number of aromatic nitrogens is 1. The first kappa shape index (κ1) is 25.3. The molecule has 0 radical (unpaired) electrons. The molecule has 0 atom stereocenters. The van der Waals surface area contributed by atoms with E-state index in [0.717, 1.165) is 39.8 Å². The molecule has 0 saturated carbocycles. The third-order valence-electron chi connectivity index (χ3n) is 5.47. The Bertz CT molecular complexity index is 1130. The first-order valence-corrected chi connectivity index (χ1v) is 11.7. The number of carbonyl (C=O) groups excluding carboxylic acids is 1. The predicted molar refractivity (Wildman–Crippen MR) is 135 cm³/mol. The molecule has 2 aromatic carbocycles. The summed E-state index contributed by atoms with van der Waals surface area (Å²) in [5, 5.41) is 16.7. The Kier molecular flexibility index (Phi) is 9.07. The molecule has 0 aliphatic rings. The van der Waals surface area contributed by atoms with Crippen molar-refractivity contribution >= 4 is 28.2 Å². The van der Waals surface area contributed by atoms with Crippen molar-refractivity contribution in [1.82, 2.24) is 10.3 Å². The molecule has 182 valence electrons. The highest BCUT2D eigenvalue weighted by molar-refractivity contribution is 5.98. The van der Waals surface area contributed by atoms with Gasteiger partial charge in [0.15, 0.2) is 11.5 Å². The van der Waals surface area contributed by atoms with E-state index >= 15 is 0 Å². The standard InChI is InChI=1S/C26H34N4O4/c1-4-19-17(15-28-10-11-31)8-7-9-21(19)30-26-18(12-25(27)32)16-29-22-14-24(34-6-3)23(33-5-2)13-20(22)26/h7-9,13-14,16,28,31H,4-6,10-12,15H2,1-3H3,(H2,27,32)(H,29,30). The molecular formula is C26H34N4O4. The molecule has 8 heteroatoms. The number of ether oxygens (including phenoxy) is 2. The third kappa shape index (κ3) is 5.95. The van der Waals surface area contributed by atoms with Gasteiger partial charge in [0.2, 0.25) is 5.91 Å². The molecule has 0 fully saturated rings. The Morgan fingerprint density at radius 2 is 1.82 bits per heavy atom. The van der Waals surface area contributed by atoms with E-state index < -0.39 is 5.91 Å². The minimum atomic E-state index is -0.433. The van der Waals surface area contributed by atoms with E-state index in [2.05, 4.69) is 28.6 Å². The highest BCUT2D eigenvalue weighted by Gasteiger charge is 2.17. The smallest absolute Gasteiger partial charge is 0.221 e. The number of nitrogens with one attached hydrogen (secondary N) is 2. The second-order valence-corrected chi connectivity index (χ2v) is 7.81. The van der Waals surface area contributed by atoms with Crippen molar-refractivity contribution in [2.45, 2.75) is 40.2 Å². The number of anilines is 2. The number of hydrogen-bond acceptors (Lipinski definition) is 7. The summed E-state index contributed by atoms with van der Waals surface area (Å²) in [4.78, 5) is 16.4. The SMILES string of the molecule is CCOc1cc2ncc(CC(N)=O)c(Nc3cccc(CNCCO)c3CC)c2cc1OCC. The van der Waals surface area contributed by atoms with Gasteiger partial charge in [-0.2, -0.15) is 0 Å². The zero-order valence-corrected chi connectivity index (χ0v) is 20.1. The maximum Gasteiger partial charge on any atom is 0.221 e. The largest absolute Gasteiger partial charge is 0.490 e. The number of carbonyl (C=O) groups is 1. The third-order valence-corrected chi connectivity index (χ3v) is 5.47. The van der Waals surface area contributed by atoms with Crippen LogP contribution in [0, 0.1) is 0 Å². The van der Waals surface area contributed by atoms with E-state index in [0.29, 0.717) is 43.4 Å². The maximum atomic E-state index is 11.8. The van der Waals surface area contributed by atoms with Gasteiger partial charge in [0.25, 0.3) is 0 Å². The van der Waals surface area contributed by atoms with Crippen LogP contribution in [0.4, 0.5) is 11.4 Å². The van der Waals surface area contributed by atoms with Crippen LogP contribution in [0.3, 0.4) is 0 Å². The van der Waals surface area contributed by atoms with Crippen molar-refractivity contribution in [1.29, 1.82) is 0 Å². The van der Waals surface area contributed by atoms with Gasteiger partial charge in [-0.3, -0.25) is 9.78 Å². The quantitative estimate of drug-likeness (QED) is 0.285. The Hall–Kier alpha value is -3.36. The van der Waals surface area contributed by atoms with E-state index in [1.165, 1.54) is 0 Å². The molecule has 5 N–H and O–H groups in total. The van der Waals surface area contributed by atoms with Crippen LogP contribution in [0.15, 0.2) is 36.5 Å². The van der Waals surface area contributed by atoms with Crippen LogP contribution in [-0.2, 0) is 24.2 Å². The number of benzene rings is 2. The summed E-state index contributed by atoms with van der Waals surface area (Å²) in [5.74, 6) is 0.817. The topological polar surface area (TPSA) is 119 Å². The number of fused-ring (bicyclic) bond motifs is 1. The molecule has 0 unspecified atom stereocenters. The van der Waals surface area contributed by atoms with Crippen LogP contribution < -0.4 is 25.8 Å². The van der Waals surface area contributed by atoms with Crippen LogP contribution >= 0.6 is 0 Å². The zero-order valence-electron chi connectivity index (χ0n) is 20.1. The summed E-state index contributed by atoms with van der Waals surface area (Å²) in [7, 11) is 0. The van der Waals surface area contributed by atoms with Crippen molar-refractivity contribution in [3.8, 4) is 11.5 Å². The second-order valence-electron chi connectivity index (χ2n) is 7.81. The first-order chi connectivity index (χ1) is 16.5. The van der Waals surface area contributed by atoms with Crippen LogP contribution in [0.2, 0.25) is 0 Å². The molecule has 0 spiro atoms. The fraction of sp³-hybridized carbons (Fsp3) is 0.385. The number of aliphatic hydroxyl groups excluding tert-OH is 1. The Balaban J connectivity index is 2.15. The monoisotopic (exact) mass is 466 g/mol. The van der Waals surface area contributed by atoms with E-state index in [4.69, 9.17) is 20.3 Å². The van der Waals surface area contributed by atoms with Crippen LogP contribution in [-0.4, -0.2) is 42.4 Å². The van der Waals surface area contributed by atoms with Gasteiger partial charge < -0.3 is 30.9 Å². The highest BCUT2D eigenvalue weighted by atomic mass is 16.5. The van der Waals surface area contributed by atoms with E-state index in [1.807, 2.05) is 38.1 Å². The number of nitrogens with two attached hydrogens (primary N) is 1. The Morgan fingerprint density at radius 1 is 1.09 bits per heavy atom. The van der Waals surface area contributed by atoms with Gasteiger partial charge in [-0.05, 0) is 43.5 Å². The van der Waals surface area contributed by atoms with Crippen molar-refractivity contribution in [2.24, 2.45) is 5.73 Å². The Morgan fingerprint density at radius 3 is 2.47 bits per heavy atom. The Labute approximate surface area is 200 Å². The summed E-state index contributed by atoms with van der Waals surface area (Å²) < 4.78 is 11.6. The van der Waals surface area contributed by atoms with Gasteiger partial charge in [-0.25, -0.2) is 0 Å². The van der Waals surface area contributed by atoms with Crippen LogP contribution in [0.1, 0.15) is 37.5 Å². The average Bonchev–Trinajstić information content (AvgIpc) is 2.81. The lowest BCUT2D eigenvalue weighted by atomic mass is 10.0. The van der Waals surface area contributed by atoms with Gasteiger partial charge >= 0.3 is 0 Å². The normalized spacial score (nSPS) is 10.9. The highest BCUT2D eigenvalue weighted by Crippen LogP contribution is 2.38. The van der Waals surface area contributed by atoms with E-state index in [9.17, 15) is 4.79 Å². The molecule has 0 aliphatic heterocycles. The summed E-state index contributed by atoms with van der Waals surface area (Å²) >= 11 is 0. The number of hydrogen-bond donors (Lipinski definition) is 4. The zero-order chi connectivity index (χ0) is 24.5. The van der Waals surface area contributed by atoms with Crippen molar-refractivity contribution in [3.05, 3.63) is 53.2 Å². The molecule has 3 rings (SSSR count). The minimum Gasteiger partial charge on any atom is -0.490 e. The number of rotatable bonds is 13. The molecule has 1 heterocycles. The van der Waals surface area contributed by atoms with Crippen LogP contribution in [0.25, 0.3) is 10.9 Å².